The molecule has 1 heterocycles. The zero-order valence-electron chi connectivity index (χ0n) is 29.8. The van der Waals surface area contributed by atoms with Crippen LogP contribution in [0.1, 0.15) is 44.6 Å². The molecule has 1 aromatic carbocycles. The largest absolute Gasteiger partial charge is 0.394 e. The molecular formula is C33H51N9O12. The van der Waals surface area contributed by atoms with Gasteiger partial charge < -0.3 is 41.2 Å². The van der Waals surface area contributed by atoms with Gasteiger partial charge in [-0.25, -0.2) is 27.1 Å². The number of aliphatic hydroxyl groups excluding tert-OH is 4. The number of nitrogens with two attached hydrogens (primary N) is 1. The average Bonchev–Trinajstić information content (AvgIpc) is 3.17. The molecule has 21 heteroatoms. The van der Waals surface area contributed by atoms with Crippen molar-refractivity contribution in [1.29, 1.82) is 0 Å². The molecule has 21 nitrogen and oxygen atoms in total. The smallest absolute Gasteiger partial charge is 0.239 e. The fraction of sp³-hybridized carbons (Fsp3) is 0.576. The Bertz CT molecular complexity index is 1430. The van der Waals surface area contributed by atoms with Gasteiger partial charge in [0.1, 0.15) is 36.5 Å². The standard InChI is InChI=1S/C33H51N9O12/c1-18(47)27-31(52)30(51)25(17-46)42-40-21(9-5-6-12-35-26(48)11-10-22(32(53)37-27)41-39-20(14-43)15-44)28(49)29(50)24(16-45)36-33(54)23(38-34)13-19-7-3-2-4-8-19/h2-4,7-8,14,18,20-25,27,38-42,44-47H,5-6,9-13,15-17,34H2,1H3,(H,35,48)(H,36,54)(H,37,53)/t18-,20-,21?,22?,23+,24+,25+,27+/m1/s1. The van der Waals surface area contributed by atoms with Crippen LogP contribution in [0.3, 0.4) is 0 Å². The van der Waals surface area contributed by atoms with Crippen molar-refractivity contribution in [2.75, 3.05) is 26.4 Å². The minimum atomic E-state index is -1.86. The molecule has 1 aromatic rings. The fourth-order valence-corrected chi connectivity index (χ4v) is 5.20. The Morgan fingerprint density at radius 3 is 2.26 bits per heavy atom. The molecule has 1 fully saturated rings. The first-order chi connectivity index (χ1) is 25.8. The summed E-state index contributed by atoms with van der Waals surface area (Å²) in [6.07, 6.45) is -1.29. The van der Waals surface area contributed by atoms with Gasteiger partial charge in [0.05, 0.1) is 38.0 Å². The van der Waals surface area contributed by atoms with Gasteiger partial charge in [0.2, 0.25) is 40.9 Å². The molecule has 0 saturated carbocycles. The first-order valence-electron chi connectivity index (χ1n) is 17.3. The van der Waals surface area contributed by atoms with E-state index in [1.165, 1.54) is 0 Å². The molecule has 1 aliphatic rings. The number of benzene rings is 1. The van der Waals surface area contributed by atoms with Gasteiger partial charge in [-0.05, 0) is 44.6 Å². The molecule has 300 valence electrons. The SMILES string of the molecule is C[C@@H](O)[C@@H]1NC(=O)C(NN[C@H](C=O)CO)CCC(=O)NCCCCC(C(=O)C(=O)[C@H](CO)NC(=O)[C@H](Cc2ccccc2)NN)NN[C@@H](CO)C(=O)C1=O. The number of aldehydes is 1. The molecule has 0 aliphatic carbocycles. The van der Waals surface area contributed by atoms with Crippen LogP contribution in [0.2, 0.25) is 0 Å². The average molecular weight is 766 g/mol. The second kappa shape index (κ2) is 24.1. The Kier molecular flexibility index (Phi) is 20.4. The van der Waals surface area contributed by atoms with Gasteiger partial charge in [-0.3, -0.25) is 39.4 Å². The van der Waals surface area contributed by atoms with Crippen LogP contribution in [0.4, 0.5) is 0 Å². The molecule has 0 bridgehead atoms. The summed E-state index contributed by atoms with van der Waals surface area (Å²) in [5, 5.41) is 46.8. The number of carbonyl (C=O) groups excluding carboxylic acids is 8. The van der Waals surface area contributed by atoms with Gasteiger partial charge in [0, 0.05) is 13.0 Å². The lowest BCUT2D eigenvalue weighted by Gasteiger charge is -2.27. The maximum Gasteiger partial charge on any atom is 0.239 e. The summed E-state index contributed by atoms with van der Waals surface area (Å²) in [6, 6.07) is -1.46. The lowest BCUT2D eigenvalue weighted by molar-refractivity contribution is -0.143. The summed E-state index contributed by atoms with van der Waals surface area (Å²) in [7, 11) is 0. The zero-order valence-corrected chi connectivity index (χ0v) is 29.8. The number of carbonyl (C=O) groups is 8. The molecule has 1 saturated heterocycles. The number of hydrogen-bond acceptors (Lipinski definition) is 18. The van der Waals surface area contributed by atoms with Gasteiger partial charge >= 0.3 is 0 Å². The molecule has 0 aromatic heterocycles. The molecule has 2 unspecified atom stereocenters. The van der Waals surface area contributed by atoms with E-state index >= 15 is 0 Å². The Hall–Kier alpha value is -4.42. The third kappa shape index (κ3) is 14.4. The number of Topliss-reactive ketones (excluding diaryl/α,β-unsaturated/α-hetero) is 4. The number of ketones is 4. The lowest BCUT2D eigenvalue weighted by Crippen LogP contribution is -2.62. The molecule has 54 heavy (non-hydrogen) atoms. The van der Waals surface area contributed by atoms with Crippen molar-refractivity contribution < 1.29 is 58.8 Å². The van der Waals surface area contributed by atoms with Crippen LogP contribution in [0.5, 0.6) is 0 Å². The van der Waals surface area contributed by atoms with Crippen LogP contribution < -0.4 is 48.9 Å². The van der Waals surface area contributed by atoms with Crippen LogP contribution in [0.25, 0.3) is 0 Å². The van der Waals surface area contributed by atoms with Crippen molar-refractivity contribution in [3.63, 3.8) is 0 Å². The first kappa shape index (κ1) is 45.7. The van der Waals surface area contributed by atoms with Crippen molar-refractivity contribution in [2.45, 2.75) is 93.8 Å². The lowest BCUT2D eigenvalue weighted by atomic mass is 9.97. The highest BCUT2D eigenvalue weighted by atomic mass is 16.3. The Morgan fingerprint density at radius 1 is 0.963 bits per heavy atom. The molecule has 3 amide bonds. The molecule has 2 rings (SSSR count). The van der Waals surface area contributed by atoms with Crippen LogP contribution in [0, 0.1) is 0 Å². The zero-order chi connectivity index (χ0) is 40.2. The second-order valence-electron chi connectivity index (χ2n) is 12.6. The van der Waals surface area contributed by atoms with Gasteiger partial charge in [0.15, 0.2) is 0 Å². The van der Waals surface area contributed by atoms with E-state index in [4.69, 9.17) is 5.84 Å². The van der Waals surface area contributed by atoms with E-state index in [9.17, 15) is 58.8 Å². The molecular weight excluding hydrogens is 714 g/mol. The third-order valence-corrected chi connectivity index (χ3v) is 8.43. The summed E-state index contributed by atoms with van der Waals surface area (Å²) in [4.78, 5) is 103. The van der Waals surface area contributed by atoms with Gasteiger partial charge in [-0.1, -0.05) is 30.3 Å². The minimum absolute atomic E-state index is 0.0992. The van der Waals surface area contributed by atoms with E-state index in [1.54, 1.807) is 30.3 Å². The van der Waals surface area contributed by atoms with Crippen molar-refractivity contribution >= 4 is 47.1 Å². The summed E-state index contributed by atoms with van der Waals surface area (Å²) < 4.78 is 0. The van der Waals surface area contributed by atoms with E-state index in [0.717, 1.165) is 12.5 Å². The number of nitrogens with one attached hydrogen (secondary N) is 8. The van der Waals surface area contributed by atoms with Crippen molar-refractivity contribution in [3.8, 4) is 0 Å². The van der Waals surface area contributed by atoms with Crippen molar-refractivity contribution in [3.05, 3.63) is 35.9 Å². The van der Waals surface area contributed by atoms with Gasteiger partial charge in [-0.15, -0.1) is 0 Å². The number of rotatable bonds is 16. The highest BCUT2D eigenvalue weighted by Gasteiger charge is 2.38. The number of aliphatic hydroxyl groups is 4. The van der Waals surface area contributed by atoms with Crippen molar-refractivity contribution in [1.82, 2.24) is 43.1 Å². The summed E-state index contributed by atoms with van der Waals surface area (Å²) >= 11 is 0. The van der Waals surface area contributed by atoms with Crippen LogP contribution >= 0.6 is 0 Å². The van der Waals surface area contributed by atoms with Crippen LogP contribution in [-0.2, 0) is 44.8 Å². The normalized spacial score (nSPS) is 23.4. The molecule has 8 atom stereocenters. The molecule has 0 radical (unpaired) electrons. The second-order valence-corrected chi connectivity index (χ2v) is 12.6. The predicted molar refractivity (Wildman–Crippen MR) is 188 cm³/mol. The fourth-order valence-electron chi connectivity index (χ4n) is 5.20. The summed E-state index contributed by atoms with van der Waals surface area (Å²) in [5.41, 5.74) is 12.8. The Balaban J connectivity index is 2.28. The first-order valence-corrected chi connectivity index (χ1v) is 17.3. The maximum atomic E-state index is 13.5. The van der Waals surface area contributed by atoms with Crippen LogP contribution in [0.15, 0.2) is 30.3 Å². The van der Waals surface area contributed by atoms with E-state index < -0.39 is 109 Å². The highest BCUT2D eigenvalue weighted by molar-refractivity contribution is 6.42. The topological polar surface area (TPSA) is 340 Å². The molecule has 14 N–H and O–H groups in total. The van der Waals surface area contributed by atoms with E-state index in [1.807, 2.05) is 0 Å². The number of amides is 3. The molecule has 0 spiro atoms. The van der Waals surface area contributed by atoms with Gasteiger partial charge in [-0.2, -0.15) is 0 Å². The maximum absolute atomic E-state index is 13.5. The predicted octanol–water partition coefficient (Wildman–Crippen LogP) is -6.39. The van der Waals surface area contributed by atoms with E-state index in [-0.39, 0.29) is 45.1 Å². The third-order valence-electron chi connectivity index (χ3n) is 8.43. The Morgan fingerprint density at radius 2 is 1.67 bits per heavy atom. The summed E-state index contributed by atoms with van der Waals surface area (Å²) in [6.45, 7) is -1.42. The van der Waals surface area contributed by atoms with E-state index in [2.05, 4.69) is 43.1 Å². The van der Waals surface area contributed by atoms with E-state index in [0.29, 0.717) is 6.29 Å². The quantitative estimate of drug-likeness (QED) is 0.0322. The van der Waals surface area contributed by atoms with Crippen LogP contribution in [-0.4, -0.2) is 142 Å². The molecule has 1 aliphatic heterocycles. The Labute approximate surface area is 310 Å². The number of hydrogen-bond donors (Lipinski definition) is 13. The number of hydrazine groups is 3. The van der Waals surface area contributed by atoms with Gasteiger partial charge in [0.25, 0.3) is 0 Å². The summed E-state index contributed by atoms with van der Waals surface area (Å²) in [5.74, 6) is -1.76. The monoisotopic (exact) mass is 765 g/mol. The van der Waals surface area contributed by atoms with Crippen molar-refractivity contribution in [2.24, 2.45) is 5.84 Å². The minimum Gasteiger partial charge on any atom is -0.394 e. The highest BCUT2D eigenvalue weighted by Crippen LogP contribution is 2.09.